The van der Waals surface area contributed by atoms with Crippen molar-refractivity contribution in [3.05, 3.63) is 64.9 Å². The highest BCUT2D eigenvalue weighted by atomic mass is 16.5. The fourth-order valence-electron chi connectivity index (χ4n) is 7.88. The third kappa shape index (κ3) is 10.1. The van der Waals surface area contributed by atoms with Crippen molar-refractivity contribution in [3.63, 3.8) is 0 Å². The zero-order chi connectivity index (χ0) is 38.5. The minimum atomic E-state index is -0.359. The maximum Gasteiger partial charge on any atom is 0.318 e. The molecule has 1 amide bonds. The van der Waals surface area contributed by atoms with Crippen molar-refractivity contribution in [2.24, 2.45) is 0 Å². The number of likely N-dealkylation sites (tertiary alicyclic amines) is 1. The molecule has 1 aliphatic carbocycles. The summed E-state index contributed by atoms with van der Waals surface area (Å²) in [6.07, 6.45) is 18.3. The Hall–Kier alpha value is -4.72. The number of aromatic nitrogens is 2. The van der Waals surface area contributed by atoms with Gasteiger partial charge in [0.1, 0.15) is 18.2 Å². The molecule has 4 heterocycles. The smallest absolute Gasteiger partial charge is 0.318 e. The van der Waals surface area contributed by atoms with Crippen molar-refractivity contribution < 1.29 is 24.5 Å². The molecular weight excluding hydrogens is 683 g/mol. The molecule has 2 saturated heterocycles. The van der Waals surface area contributed by atoms with E-state index < -0.39 is 0 Å². The number of fused-ring (bicyclic) bond motifs is 2. The van der Waals surface area contributed by atoms with E-state index in [9.17, 15) is 9.90 Å². The molecule has 0 bridgehead atoms. The summed E-state index contributed by atoms with van der Waals surface area (Å²) in [6.45, 7) is 6.58. The van der Waals surface area contributed by atoms with Crippen molar-refractivity contribution in [2.75, 3.05) is 64.9 Å². The Balaban J connectivity index is 0.00000107. The summed E-state index contributed by atoms with van der Waals surface area (Å²) >= 11 is 0. The third-order valence-corrected chi connectivity index (χ3v) is 10.7. The molecule has 0 radical (unpaired) electrons. The number of hydrogen-bond donors (Lipinski definition) is 3. The van der Waals surface area contributed by atoms with Gasteiger partial charge < -0.3 is 39.7 Å². The summed E-state index contributed by atoms with van der Waals surface area (Å²) in [6, 6.07) is 12.3. The highest BCUT2D eigenvalue weighted by Gasteiger charge is 2.32. The van der Waals surface area contributed by atoms with Gasteiger partial charge in [-0.05, 0) is 68.4 Å². The second kappa shape index (κ2) is 20.1. The Morgan fingerprint density at radius 2 is 1.85 bits per heavy atom. The summed E-state index contributed by atoms with van der Waals surface area (Å²) in [4.78, 5) is 29.4. The lowest BCUT2D eigenvalue weighted by molar-refractivity contribution is -0.126. The summed E-state index contributed by atoms with van der Waals surface area (Å²) in [7, 11) is 3.13. The number of aliphatic hydroxyl groups is 1. The molecule has 288 valence electrons. The van der Waals surface area contributed by atoms with Gasteiger partial charge in [0, 0.05) is 87.9 Å². The Kier molecular flexibility index (Phi) is 15.1. The molecule has 4 aliphatic rings. The van der Waals surface area contributed by atoms with Crippen LogP contribution in [0.1, 0.15) is 80.4 Å². The highest BCUT2D eigenvalue weighted by molar-refractivity contribution is 5.92. The maximum atomic E-state index is 13.0. The first-order valence-electron chi connectivity index (χ1n) is 19.1. The third-order valence-electron chi connectivity index (χ3n) is 10.7. The monoisotopic (exact) mass is 737 g/mol. The van der Waals surface area contributed by atoms with Crippen LogP contribution in [0.4, 0.5) is 5.82 Å². The molecule has 54 heavy (non-hydrogen) atoms. The number of carbonyl (C=O) groups is 1. The molecule has 1 saturated carbocycles. The number of ether oxygens (including phenoxy) is 2. The average Bonchev–Trinajstić information content (AvgIpc) is 3.63. The van der Waals surface area contributed by atoms with Gasteiger partial charge in [-0.3, -0.25) is 4.79 Å². The van der Waals surface area contributed by atoms with E-state index >= 15 is 0 Å². The second-order valence-corrected chi connectivity index (χ2v) is 14.1. The topological polar surface area (TPSA) is 147 Å². The molecule has 2 aromatic carbocycles. The Morgan fingerprint density at radius 3 is 2.56 bits per heavy atom. The number of anilines is 1. The Labute approximate surface area is 319 Å². The number of aliphatic hydroxyl groups excluding tert-OH is 1. The molecular formula is C42H55N7O5. The fraction of sp³-hybridized carbons (Fsp3) is 0.524. The van der Waals surface area contributed by atoms with Gasteiger partial charge in [-0.2, -0.15) is 15.2 Å². The molecule has 12 heteroatoms. The van der Waals surface area contributed by atoms with Crippen LogP contribution in [0.15, 0.2) is 42.5 Å². The summed E-state index contributed by atoms with van der Waals surface area (Å²) in [5.41, 5.74) is 3.42. The molecule has 12 nitrogen and oxygen atoms in total. The van der Waals surface area contributed by atoms with Crippen LogP contribution in [0, 0.1) is 23.7 Å². The van der Waals surface area contributed by atoms with Crippen molar-refractivity contribution in [1.82, 2.24) is 25.1 Å². The first-order chi connectivity index (χ1) is 26.4. The van der Waals surface area contributed by atoms with Crippen LogP contribution in [0.5, 0.6) is 11.8 Å². The molecule has 7 rings (SSSR count). The number of benzene rings is 2. The van der Waals surface area contributed by atoms with Gasteiger partial charge in [-0.15, -0.1) is 6.42 Å². The molecule has 1 aromatic heterocycles. The van der Waals surface area contributed by atoms with Gasteiger partial charge >= 0.3 is 6.01 Å². The van der Waals surface area contributed by atoms with Gasteiger partial charge in [0.15, 0.2) is 0 Å². The van der Waals surface area contributed by atoms with E-state index in [0.717, 1.165) is 72.0 Å². The fourth-order valence-corrected chi connectivity index (χ4v) is 7.88. The maximum absolute atomic E-state index is 13.0. The van der Waals surface area contributed by atoms with Crippen LogP contribution in [0.25, 0.3) is 10.8 Å². The largest absolute Gasteiger partial charge is 0.508 e. The number of terminal acetylenes is 1. The lowest BCUT2D eigenvalue weighted by Gasteiger charge is -2.37. The first-order valence-corrected chi connectivity index (χ1v) is 19.1. The van der Waals surface area contributed by atoms with E-state index in [1.165, 1.54) is 39.0 Å². The number of nitriles is 1. The lowest BCUT2D eigenvalue weighted by atomic mass is 9.92. The second-order valence-electron chi connectivity index (χ2n) is 14.1. The van der Waals surface area contributed by atoms with E-state index in [2.05, 4.69) is 28.1 Å². The highest BCUT2D eigenvalue weighted by Crippen LogP contribution is 2.40. The normalized spacial score (nSPS) is 20.3. The van der Waals surface area contributed by atoms with E-state index in [1.807, 2.05) is 29.2 Å². The van der Waals surface area contributed by atoms with Crippen LogP contribution in [0.2, 0.25) is 0 Å². The van der Waals surface area contributed by atoms with Crippen LogP contribution < -0.4 is 15.0 Å². The molecule has 3 aromatic rings. The molecule has 1 unspecified atom stereocenters. The van der Waals surface area contributed by atoms with E-state index in [1.54, 1.807) is 24.3 Å². The first kappa shape index (κ1) is 40.5. The number of piperazine rings is 1. The van der Waals surface area contributed by atoms with Crippen LogP contribution in [0.3, 0.4) is 0 Å². The van der Waals surface area contributed by atoms with Crippen molar-refractivity contribution in [1.29, 1.82) is 5.26 Å². The number of carbonyl (C=O) groups excluding carboxylic acids is 1. The zero-order valence-electron chi connectivity index (χ0n) is 32.0. The van der Waals surface area contributed by atoms with E-state index in [-0.39, 0.29) is 17.8 Å². The lowest BCUT2D eigenvalue weighted by Crippen LogP contribution is -2.49. The number of nitrogens with zero attached hydrogens (tertiary/aromatic N) is 6. The number of hydrogen-bond acceptors (Lipinski definition) is 11. The average molecular weight is 738 g/mol. The number of phenols is 1. The minimum Gasteiger partial charge on any atom is -0.508 e. The summed E-state index contributed by atoms with van der Waals surface area (Å²) < 4.78 is 12.8. The van der Waals surface area contributed by atoms with E-state index in [0.29, 0.717) is 63.9 Å². The molecule has 3 aliphatic heterocycles. The molecule has 2 atom stereocenters. The number of aromatic hydroxyl groups is 1. The predicted octanol–water partition coefficient (Wildman–Crippen LogP) is 4.87. The number of nitrogens with one attached hydrogen (secondary N) is 1. The van der Waals surface area contributed by atoms with Crippen molar-refractivity contribution in [3.8, 4) is 30.2 Å². The molecule has 0 spiro atoms. The van der Waals surface area contributed by atoms with Gasteiger partial charge in [-0.25, -0.2) is 0 Å². The van der Waals surface area contributed by atoms with E-state index in [4.69, 9.17) is 36.2 Å². The van der Waals surface area contributed by atoms with Gasteiger partial charge in [0.25, 0.3) is 0 Å². The van der Waals surface area contributed by atoms with Crippen LogP contribution >= 0.6 is 0 Å². The minimum absolute atomic E-state index is 0.0513. The number of phenolic OH excluding ortho intramolecular Hbond substituents is 1. The van der Waals surface area contributed by atoms with Gasteiger partial charge in [0.2, 0.25) is 5.91 Å². The van der Waals surface area contributed by atoms with Crippen molar-refractivity contribution >= 4 is 22.5 Å². The number of amides is 1. The molecule has 3 fully saturated rings. The van der Waals surface area contributed by atoms with Crippen LogP contribution in [-0.2, 0) is 22.6 Å². The Morgan fingerprint density at radius 1 is 1.09 bits per heavy atom. The zero-order valence-corrected chi connectivity index (χ0v) is 32.0. The van der Waals surface area contributed by atoms with Crippen molar-refractivity contribution in [2.45, 2.75) is 83.1 Å². The number of rotatable bonds is 9. The van der Waals surface area contributed by atoms with Gasteiger partial charge in [0.05, 0.1) is 24.5 Å². The summed E-state index contributed by atoms with van der Waals surface area (Å²) in [5.74, 6) is 3.83. The standard InChI is InChI=1S/C39H48N6O4.C2H3N.CH4O/c1-3-27-10-7-11-28-22-31(46)23-32(37(27)28)35-24-34-33(26-48-35)38(42-39(41-34)49-25-30-14-9-17-43(30)2)45-20-18-44(19-21-45)36(47)15-8-16-40-29-12-5-4-6-13-29;1-2-3;1-2/h1,7-8,10-11,15,22-23,29-30,35,40,46H,4-6,9,12-14,16-21,24-26H2,2H3;1H3;2H,1H3/b15-8+;;/t30-,35?;;/m0../s1. The van der Waals surface area contributed by atoms with Crippen LogP contribution in [-0.4, -0.2) is 108 Å². The number of likely N-dealkylation sites (N-methyl/N-ethyl adjacent to an activating group) is 1. The quantitative estimate of drug-likeness (QED) is 0.204. The predicted molar refractivity (Wildman–Crippen MR) is 210 cm³/mol. The van der Waals surface area contributed by atoms with Gasteiger partial charge in [-0.1, -0.05) is 43.4 Å². The SMILES string of the molecule is C#Cc1cccc2cc(O)cc(C3Cc4nc(OC[C@@H]5CCCN5C)nc(N5CCN(C(=O)/C=C/CNC6CCCCC6)CC5)c4CO3)c12.CC#N.CO. The Bertz CT molecular complexity index is 1820. The molecule has 3 N–H and O–H groups in total. The summed E-state index contributed by atoms with van der Waals surface area (Å²) in [5, 5.41) is 30.3.